The van der Waals surface area contributed by atoms with E-state index >= 15 is 0 Å². The first-order chi connectivity index (χ1) is 12.0. The highest BCUT2D eigenvalue weighted by Gasteiger charge is 2.13. The van der Waals surface area contributed by atoms with E-state index in [1.807, 2.05) is 30.3 Å². The van der Waals surface area contributed by atoms with Crippen LogP contribution in [-0.2, 0) is 4.79 Å². The lowest BCUT2D eigenvalue weighted by molar-refractivity contribution is -0.112. The second-order valence-corrected chi connectivity index (χ2v) is 8.49. The number of hydrogen-bond acceptors (Lipinski definition) is 6. The van der Waals surface area contributed by atoms with Crippen LogP contribution in [0.2, 0.25) is 10.0 Å². The molecule has 0 aliphatic heterocycles. The minimum Gasteiger partial charge on any atom is -0.483 e. The molecule has 0 fully saturated rings. The standard InChI is InChI=1S/C16H10Cl2N2O2S3/c17-10-6-7-13(12(18)8-10)22-9-14(21)24-15-19-20(16(23)25-15)11-4-2-1-3-5-11/h1-8H,9H2. The summed E-state index contributed by atoms with van der Waals surface area (Å²) in [6.45, 7) is -0.135. The van der Waals surface area contributed by atoms with E-state index in [1.54, 1.807) is 22.9 Å². The van der Waals surface area contributed by atoms with Gasteiger partial charge < -0.3 is 4.74 Å². The molecule has 0 aliphatic carbocycles. The number of thioether (sulfide) groups is 1. The lowest BCUT2D eigenvalue weighted by atomic mass is 10.3. The Hall–Kier alpha value is -1.38. The zero-order valence-electron chi connectivity index (χ0n) is 12.5. The molecule has 2 aromatic carbocycles. The van der Waals surface area contributed by atoms with Crippen LogP contribution in [0, 0.1) is 3.95 Å². The highest BCUT2D eigenvalue weighted by atomic mass is 35.5. The second kappa shape index (κ2) is 8.33. The van der Waals surface area contributed by atoms with E-state index in [2.05, 4.69) is 5.10 Å². The van der Waals surface area contributed by atoms with Gasteiger partial charge in [-0.2, -0.15) is 0 Å². The third-order valence-electron chi connectivity index (χ3n) is 2.97. The number of ether oxygens (including phenoxy) is 1. The number of carbonyl (C=O) groups excluding carboxylic acids is 1. The molecule has 0 bridgehead atoms. The molecule has 9 heteroatoms. The van der Waals surface area contributed by atoms with Crippen molar-refractivity contribution in [2.45, 2.75) is 4.34 Å². The van der Waals surface area contributed by atoms with Crippen LogP contribution in [0.3, 0.4) is 0 Å². The Morgan fingerprint density at radius 2 is 2.00 bits per heavy atom. The lowest BCUT2D eigenvalue weighted by Crippen LogP contribution is -2.07. The Bertz CT molecular complexity index is 958. The second-order valence-electron chi connectivity index (χ2n) is 4.72. The minimum absolute atomic E-state index is 0.135. The summed E-state index contributed by atoms with van der Waals surface area (Å²) in [6, 6.07) is 14.3. The van der Waals surface area contributed by atoms with Crippen LogP contribution in [0.1, 0.15) is 0 Å². The van der Waals surface area contributed by atoms with E-state index in [4.69, 9.17) is 40.2 Å². The fraction of sp³-hybridized carbons (Fsp3) is 0.0625. The highest BCUT2D eigenvalue weighted by molar-refractivity contribution is 8.15. The fourth-order valence-electron chi connectivity index (χ4n) is 1.89. The maximum Gasteiger partial charge on any atom is 0.233 e. The summed E-state index contributed by atoms with van der Waals surface area (Å²) in [6.07, 6.45) is 0. The summed E-state index contributed by atoms with van der Waals surface area (Å²) in [5.41, 5.74) is 0.854. The summed E-state index contributed by atoms with van der Waals surface area (Å²) < 4.78 is 8.19. The van der Waals surface area contributed by atoms with E-state index in [0.29, 0.717) is 24.1 Å². The molecular weight excluding hydrogens is 419 g/mol. The zero-order valence-corrected chi connectivity index (χ0v) is 16.5. The largest absolute Gasteiger partial charge is 0.483 e. The van der Waals surface area contributed by atoms with Crippen molar-refractivity contribution in [1.29, 1.82) is 0 Å². The molecule has 0 unspecified atom stereocenters. The molecular formula is C16H10Cl2N2O2S3. The van der Waals surface area contributed by atoms with Crippen LogP contribution in [0.4, 0.5) is 0 Å². The van der Waals surface area contributed by atoms with Gasteiger partial charge in [0.15, 0.2) is 14.9 Å². The Labute approximate surface area is 167 Å². The Kier molecular flexibility index (Phi) is 6.14. The smallest absolute Gasteiger partial charge is 0.233 e. The third-order valence-corrected chi connectivity index (χ3v) is 5.63. The molecule has 1 aromatic heterocycles. The van der Waals surface area contributed by atoms with Crippen molar-refractivity contribution in [3.8, 4) is 11.4 Å². The summed E-state index contributed by atoms with van der Waals surface area (Å²) in [5, 5.41) is 5.04. The average molecular weight is 429 g/mol. The number of hydrogen-bond donors (Lipinski definition) is 0. The van der Waals surface area contributed by atoms with Crippen molar-refractivity contribution in [3.05, 3.63) is 62.5 Å². The van der Waals surface area contributed by atoms with E-state index in [1.165, 1.54) is 11.3 Å². The molecule has 3 rings (SSSR count). The average Bonchev–Trinajstić information content (AvgIpc) is 2.95. The van der Waals surface area contributed by atoms with Gasteiger partial charge in [0.25, 0.3) is 0 Å². The predicted molar refractivity (Wildman–Crippen MR) is 105 cm³/mol. The van der Waals surface area contributed by atoms with Gasteiger partial charge >= 0.3 is 0 Å². The molecule has 0 atom stereocenters. The van der Waals surface area contributed by atoms with Crippen LogP contribution in [0.25, 0.3) is 5.69 Å². The molecule has 0 amide bonds. The fourth-order valence-corrected chi connectivity index (χ4v) is 4.52. The quantitative estimate of drug-likeness (QED) is 0.386. The van der Waals surface area contributed by atoms with Gasteiger partial charge in [-0.25, -0.2) is 4.68 Å². The predicted octanol–water partition coefficient (Wildman–Crippen LogP) is 5.67. The zero-order chi connectivity index (χ0) is 17.8. The van der Waals surface area contributed by atoms with Gasteiger partial charge in [0.2, 0.25) is 5.12 Å². The molecule has 1 heterocycles. The van der Waals surface area contributed by atoms with E-state index in [0.717, 1.165) is 17.4 Å². The first-order valence-corrected chi connectivity index (χ1v) is 9.77. The third kappa shape index (κ3) is 4.83. The van der Waals surface area contributed by atoms with Gasteiger partial charge in [-0.1, -0.05) is 52.7 Å². The number of para-hydroxylation sites is 1. The summed E-state index contributed by atoms with van der Waals surface area (Å²) in [4.78, 5) is 12.1. The Morgan fingerprint density at radius 3 is 2.72 bits per heavy atom. The maximum absolute atomic E-state index is 12.1. The van der Waals surface area contributed by atoms with Crippen molar-refractivity contribution in [1.82, 2.24) is 9.78 Å². The first-order valence-electron chi connectivity index (χ1n) is 6.97. The van der Waals surface area contributed by atoms with Crippen LogP contribution in [0.15, 0.2) is 52.9 Å². The molecule has 0 saturated carbocycles. The summed E-state index contributed by atoms with van der Waals surface area (Å²) in [7, 11) is 0. The Morgan fingerprint density at radius 1 is 1.24 bits per heavy atom. The minimum atomic E-state index is -0.199. The normalized spacial score (nSPS) is 10.6. The monoisotopic (exact) mass is 428 g/mol. The van der Waals surface area contributed by atoms with Gasteiger partial charge in [0.05, 0.1) is 10.7 Å². The first kappa shape index (κ1) is 18.4. The number of carbonyl (C=O) groups is 1. The highest BCUT2D eigenvalue weighted by Crippen LogP contribution is 2.29. The molecule has 128 valence electrons. The van der Waals surface area contributed by atoms with Crippen molar-refractivity contribution >= 4 is 63.6 Å². The van der Waals surface area contributed by atoms with Gasteiger partial charge in [0, 0.05) is 5.02 Å². The van der Waals surface area contributed by atoms with Crippen LogP contribution in [-0.4, -0.2) is 21.5 Å². The summed E-state index contributed by atoms with van der Waals surface area (Å²) in [5.74, 6) is 0.405. The van der Waals surface area contributed by atoms with Crippen LogP contribution < -0.4 is 4.74 Å². The molecule has 0 radical (unpaired) electrons. The maximum atomic E-state index is 12.1. The molecule has 3 aromatic rings. The van der Waals surface area contributed by atoms with Crippen molar-refractivity contribution in [2.24, 2.45) is 0 Å². The molecule has 0 spiro atoms. The number of aromatic nitrogens is 2. The topological polar surface area (TPSA) is 44.1 Å². The number of rotatable bonds is 5. The van der Waals surface area contributed by atoms with Crippen molar-refractivity contribution in [3.63, 3.8) is 0 Å². The molecule has 0 saturated heterocycles. The van der Waals surface area contributed by atoms with Crippen LogP contribution >= 0.6 is 58.5 Å². The van der Waals surface area contributed by atoms with Crippen molar-refractivity contribution in [2.75, 3.05) is 6.61 Å². The van der Waals surface area contributed by atoms with Gasteiger partial charge in [-0.15, -0.1) is 5.10 Å². The summed E-state index contributed by atoms with van der Waals surface area (Å²) >= 11 is 19.4. The number of halogens is 2. The number of nitrogens with zero attached hydrogens (tertiary/aromatic N) is 2. The van der Waals surface area contributed by atoms with Gasteiger partial charge in [0.1, 0.15) is 5.75 Å². The SMILES string of the molecule is O=C(COc1ccc(Cl)cc1Cl)Sc1nn(-c2ccccc2)c(=S)s1. The molecule has 0 aliphatic rings. The number of benzene rings is 2. The van der Waals surface area contributed by atoms with E-state index in [9.17, 15) is 4.79 Å². The van der Waals surface area contributed by atoms with Crippen molar-refractivity contribution < 1.29 is 9.53 Å². The van der Waals surface area contributed by atoms with Crippen LogP contribution in [0.5, 0.6) is 5.75 Å². The van der Waals surface area contributed by atoms with E-state index < -0.39 is 0 Å². The molecule has 4 nitrogen and oxygen atoms in total. The molecule has 0 N–H and O–H groups in total. The Balaban J connectivity index is 1.65. The van der Waals surface area contributed by atoms with E-state index in [-0.39, 0.29) is 11.7 Å². The van der Waals surface area contributed by atoms with Gasteiger partial charge in [-0.05, 0) is 54.3 Å². The molecule has 25 heavy (non-hydrogen) atoms. The van der Waals surface area contributed by atoms with Gasteiger partial charge in [-0.3, -0.25) is 4.79 Å². The lowest BCUT2D eigenvalue weighted by Gasteiger charge is -2.06.